The number of allylic oxidation sites excluding steroid dienone is 1. The standard InChI is InChI=1S/C27H27N3O7S/c1-29(2)38(33,34)21-10-3-8-19(16-21)27(32)37-17-24(31)30-26(23-12-6-14-36-23)22-11-4-7-18(25(22)28-30)15-20-9-5-13-35-20/h3,5-6,8-10,12-16,22,26H,4,7,11,17H2,1-2H3/b18-15-. The first kappa shape index (κ1) is 25.7. The van der Waals surface area contributed by atoms with Gasteiger partial charge in [0.2, 0.25) is 10.0 Å². The molecule has 0 saturated heterocycles. The topological polar surface area (TPSA) is 123 Å². The Bertz CT molecular complexity index is 1490. The maximum absolute atomic E-state index is 13.3. The fourth-order valence-electron chi connectivity index (χ4n) is 4.76. The summed E-state index contributed by atoms with van der Waals surface area (Å²) in [7, 11) is -0.933. The second-order valence-electron chi connectivity index (χ2n) is 9.26. The van der Waals surface area contributed by atoms with Crippen molar-refractivity contribution in [3.63, 3.8) is 0 Å². The lowest BCUT2D eigenvalue weighted by Crippen LogP contribution is -2.34. The molecule has 1 aliphatic heterocycles. The summed E-state index contributed by atoms with van der Waals surface area (Å²) in [6.07, 6.45) is 7.61. The highest BCUT2D eigenvalue weighted by atomic mass is 32.2. The number of esters is 1. The third-order valence-electron chi connectivity index (χ3n) is 6.63. The molecule has 11 heteroatoms. The highest BCUT2D eigenvalue weighted by Crippen LogP contribution is 2.44. The summed E-state index contributed by atoms with van der Waals surface area (Å²) in [6, 6.07) is 12.3. The molecule has 2 aromatic heterocycles. The van der Waals surface area contributed by atoms with Gasteiger partial charge in [-0.2, -0.15) is 5.10 Å². The van der Waals surface area contributed by atoms with Crippen molar-refractivity contribution in [3.05, 3.63) is 83.7 Å². The van der Waals surface area contributed by atoms with E-state index in [1.165, 1.54) is 43.4 Å². The molecule has 0 bridgehead atoms. The van der Waals surface area contributed by atoms with Gasteiger partial charge < -0.3 is 13.6 Å². The molecule has 2 aliphatic rings. The number of hydrazone groups is 1. The molecule has 3 aromatic rings. The fraction of sp³-hybridized carbons (Fsp3) is 0.296. The number of hydrogen-bond donors (Lipinski definition) is 0. The summed E-state index contributed by atoms with van der Waals surface area (Å²) in [6.45, 7) is -0.568. The lowest BCUT2D eigenvalue weighted by molar-refractivity contribution is -0.137. The molecule has 0 radical (unpaired) electrons. The molecule has 198 valence electrons. The number of hydrogen-bond acceptors (Lipinski definition) is 8. The number of carbonyl (C=O) groups is 2. The average molecular weight is 538 g/mol. The number of sulfonamides is 1. The van der Waals surface area contributed by atoms with E-state index >= 15 is 0 Å². The van der Waals surface area contributed by atoms with Crippen LogP contribution in [-0.4, -0.2) is 56.0 Å². The van der Waals surface area contributed by atoms with Crippen LogP contribution in [0.15, 0.2) is 85.5 Å². The number of benzene rings is 1. The van der Waals surface area contributed by atoms with E-state index in [4.69, 9.17) is 13.6 Å². The van der Waals surface area contributed by atoms with Gasteiger partial charge in [0.05, 0.1) is 28.7 Å². The predicted octanol–water partition coefficient (Wildman–Crippen LogP) is 4.10. The molecule has 1 fully saturated rings. The van der Waals surface area contributed by atoms with Crippen molar-refractivity contribution in [2.45, 2.75) is 30.2 Å². The molecule has 3 heterocycles. The van der Waals surface area contributed by atoms with Crippen molar-refractivity contribution >= 4 is 33.7 Å². The van der Waals surface area contributed by atoms with E-state index in [2.05, 4.69) is 5.10 Å². The summed E-state index contributed by atoms with van der Waals surface area (Å²) in [5, 5.41) is 6.01. The predicted molar refractivity (Wildman–Crippen MR) is 137 cm³/mol. The lowest BCUT2D eigenvalue weighted by Gasteiger charge is -2.27. The third-order valence-corrected chi connectivity index (χ3v) is 8.44. The van der Waals surface area contributed by atoms with Crippen LogP contribution in [0.3, 0.4) is 0 Å². The maximum atomic E-state index is 13.3. The second-order valence-corrected chi connectivity index (χ2v) is 11.4. The van der Waals surface area contributed by atoms with Crippen LogP contribution in [0.4, 0.5) is 0 Å². The summed E-state index contributed by atoms with van der Waals surface area (Å²) in [5.41, 5.74) is 1.79. The van der Waals surface area contributed by atoms with Crippen LogP contribution >= 0.6 is 0 Å². The van der Waals surface area contributed by atoms with Gasteiger partial charge in [0.1, 0.15) is 17.6 Å². The largest absolute Gasteiger partial charge is 0.467 e. The molecule has 1 aliphatic carbocycles. The Morgan fingerprint density at radius 1 is 1.13 bits per heavy atom. The Labute approximate surface area is 220 Å². The van der Waals surface area contributed by atoms with E-state index in [1.807, 2.05) is 18.2 Å². The van der Waals surface area contributed by atoms with E-state index in [1.54, 1.807) is 24.7 Å². The zero-order valence-corrected chi connectivity index (χ0v) is 21.8. The van der Waals surface area contributed by atoms with Gasteiger partial charge in [0.25, 0.3) is 5.91 Å². The van der Waals surface area contributed by atoms with Crippen LogP contribution in [0.1, 0.15) is 47.2 Å². The molecule has 1 amide bonds. The summed E-state index contributed by atoms with van der Waals surface area (Å²) >= 11 is 0. The smallest absolute Gasteiger partial charge is 0.338 e. The van der Waals surface area contributed by atoms with Gasteiger partial charge in [-0.1, -0.05) is 6.07 Å². The minimum absolute atomic E-state index is 0.0217. The minimum atomic E-state index is -3.74. The van der Waals surface area contributed by atoms with Gasteiger partial charge >= 0.3 is 5.97 Å². The summed E-state index contributed by atoms with van der Waals surface area (Å²) < 4.78 is 42.3. The van der Waals surface area contributed by atoms with Crippen molar-refractivity contribution < 1.29 is 31.6 Å². The molecule has 0 spiro atoms. The highest BCUT2D eigenvalue weighted by Gasteiger charge is 2.45. The van der Waals surface area contributed by atoms with Crippen LogP contribution in [-0.2, 0) is 19.6 Å². The lowest BCUT2D eigenvalue weighted by atomic mass is 9.79. The molecular formula is C27H27N3O7S. The Balaban J connectivity index is 1.37. The van der Waals surface area contributed by atoms with Crippen LogP contribution < -0.4 is 0 Å². The van der Waals surface area contributed by atoms with Gasteiger partial charge in [-0.3, -0.25) is 4.79 Å². The SMILES string of the molecule is CN(C)S(=O)(=O)c1cccc(C(=O)OCC(=O)N2N=C3/C(=C\c4ccco4)CCCC3C2c2ccco2)c1. The second kappa shape index (κ2) is 10.4. The van der Waals surface area contributed by atoms with Crippen molar-refractivity contribution in [2.24, 2.45) is 11.0 Å². The number of carbonyl (C=O) groups excluding carboxylic acids is 2. The van der Waals surface area contributed by atoms with Crippen LogP contribution in [0.2, 0.25) is 0 Å². The van der Waals surface area contributed by atoms with E-state index < -0.39 is 34.5 Å². The Kier molecular flexibility index (Phi) is 7.04. The number of ether oxygens (including phenoxy) is 1. The fourth-order valence-corrected chi connectivity index (χ4v) is 5.71. The molecule has 38 heavy (non-hydrogen) atoms. The highest BCUT2D eigenvalue weighted by molar-refractivity contribution is 7.89. The third kappa shape index (κ3) is 4.94. The first-order valence-corrected chi connectivity index (χ1v) is 13.6. The van der Waals surface area contributed by atoms with Gasteiger partial charge in [-0.15, -0.1) is 0 Å². The number of furan rings is 2. The van der Waals surface area contributed by atoms with E-state index in [0.717, 1.165) is 34.9 Å². The van der Waals surface area contributed by atoms with Gasteiger partial charge in [0.15, 0.2) is 6.61 Å². The van der Waals surface area contributed by atoms with Crippen LogP contribution in [0.25, 0.3) is 6.08 Å². The maximum Gasteiger partial charge on any atom is 0.338 e. The van der Waals surface area contributed by atoms with Crippen molar-refractivity contribution in [1.29, 1.82) is 0 Å². The molecule has 1 saturated carbocycles. The van der Waals surface area contributed by atoms with Crippen molar-refractivity contribution in [1.82, 2.24) is 9.31 Å². The Morgan fingerprint density at radius 2 is 1.92 bits per heavy atom. The molecule has 10 nitrogen and oxygen atoms in total. The molecule has 2 unspecified atom stereocenters. The average Bonchev–Trinajstić information content (AvgIpc) is 3.68. The molecule has 5 rings (SSSR count). The van der Waals surface area contributed by atoms with Crippen LogP contribution in [0.5, 0.6) is 0 Å². The van der Waals surface area contributed by atoms with Gasteiger partial charge in [-0.25, -0.2) is 22.5 Å². The Morgan fingerprint density at radius 3 is 2.63 bits per heavy atom. The number of rotatable bonds is 7. The minimum Gasteiger partial charge on any atom is -0.467 e. The quantitative estimate of drug-likeness (QED) is 0.416. The summed E-state index contributed by atoms with van der Waals surface area (Å²) in [5.74, 6) is -0.115. The first-order chi connectivity index (χ1) is 18.3. The van der Waals surface area contributed by atoms with Crippen molar-refractivity contribution in [3.8, 4) is 0 Å². The van der Waals surface area contributed by atoms with E-state index in [9.17, 15) is 18.0 Å². The monoisotopic (exact) mass is 537 g/mol. The zero-order chi connectivity index (χ0) is 26.9. The normalized spacial score (nSPS) is 20.4. The molecular weight excluding hydrogens is 510 g/mol. The number of fused-ring (bicyclic) bond motifs is 1. The summed E-state index contributed by atoms with van der Waals surface area (Å²) in [4.78, 5) is 26.0. The Hall–Kier alpha value is -3.96. The van der Waals surface area contributed by atoms with Crippen LogP contribution in [0, 0.1) is 5.92 Å². The molecule has 2 atom stereocenters. The van der Waals surface area contributed by atoms with Crippen molar-refractivity contribution in [2.75, 3.05) is 20.7 Å². The number of nitrogens with zero attached hydrogens (tertiary/aromatic N) is 3. The van der Waals surface area contributed by atoms with Gasteiger partial charge in [-0.05, 0) is 73.4 Å². The van der Waals surface area contributed by atoms with E-state index in [-0.39, 0.29) is 16.4 Å². The zero-order valence-electron chi connectivity index (χ0n) is 20.9. The first-order valence-electron chi connectivity index (χ1n) is 12.1. The molecule has 0 N–H and O–H groups in total. The number of amides is 1. The molecule has 1 aromatic carbocycles. The van der Waals surface area contributed by atoms with Gasteiger partial charge in [0, 0.05) is 20.0 Å². The van der Waals surface area contributed by atoms with E-state index in [0.29, 0.717) is 11.5 Å².